The molecule has 0 saturated carbocycles. The molecule has 1 amide bonds. The average molecular weight is 404 g/mol. The zero-order valence-electron chi connectivity index (χ0n) is 16.7. The first kappa shape index (κ1) is 22.3. The van der Waals surface area contributed by atoms with Crippen molar-refractivity contribution in [1.29, 1.82) is 0 Å². The van der Waals surface area contributed by atoms with Crippen LogP contribution in [0.2, 0.25) is 0 Å². The molecule has 2 unspecified atom stereocenters. The number of carboxylic acids is 1. The highest BCUT2D eigenvalue weighted by molar-refractivity contribution is 6.04. The van der Waals surface area contributed by atoms with E-state index in [1.807, 2.05) is 31.2 Å². The van der Waals surface area contributed by atoms with E-state index in [0.717, 1.165) is 16.5 Å². The molecule has 8 heteroatoms. The number of nitrogens with zero attached hydrogens (tertiary/aromatic N) is 1. The number of aromatic nitrogens is 1. The van der Waals surface area contributed by atoms with Crippen LogP contribution in [0.3, 0.4) is 0 Å². The van der Waals surface area contributed by atoms with Gasteiger partial charge in [-0.05, 0) is 25.0 Å². The molecule has 2 N–H and O–H groups in total. The van der Waals surface area contributed by atoms with Crippen LogP contribution >= 0.6 is 0 Å². The lowest BCUT2D eigenvalue weighted by Gasteiger charge is -2.19. The number of hydrogen-bond acceptors (Lipinski definition) is 4. The van der Waals surface area contributed by atoms with E-state index in [-0.39, 0.29) is 12.2 Å². The number of halogens is 1. The average Bonchev–Trinajstić information content (AvgIpc) is 2.95. The Bertz CT molecular complexity index is 911. The van der Waals surface area contributed by atoms with Crippen molar-refractivity contribution in [2.24, 2.45) is 13.0 Å². The zero-order chi connectivity index (χ0) is 21.7. The minimum Gasteiger partial charge on any atom is -0.481 e. The van der Waals surface area contributed by atoms with Crippen LogP contribution in [0.5, 0.6) is 0 Å². The van der Waals surface area contributed by atoms with Crippen LogP contribution in [-0.4, -0.2) is 45.8 Å². The Kier molecular flexibility index (Phi) is 7.25. The molecule has 1 heterocycles. The summed E-state index contributed by atoms with van der Waals surface area (Å²) in [7, 11) is 1.78. The predicted octanol–water partition coefficient (Wildman–Crippen LogP) is 2.58. The smallest absolute Gasteiger partial charge is 0.305 e. The molecule has 0 aliphatic heterocycles. The number of nitrogens with one attached hydrogen (secondary N) is 1. The number of alkyl halides is 1. The molecule has 0 aliphatic rings. The molecule has 29 heavy (non-hydrogen) atoms. The number of carbonyl (C=O) groups excluding carboxylic acids is 3. The molecular weight excluding hydrogens is 379 g/mol. The van der Waals surface area contributed by atoms with Gasteiger partial charge in [0.1, 0.15) is 12.7 Å². The lowest BCUT2D eigenvalue weighted by atomic mass is 9.95. The molecule has 0 radical (unpaired) electrons. The second-order valence-corrected chi connectivity index (χ2v) is 7.04. The lowest BCUT2D eigenvalue weighted by molar-refractivity contribution is -0.140. The molecule has 0 spiro atoms. The van der Waals surface area contributed by atoms with Crippen molar-refractivity contribution in [1.82, 2.24) is 9.88 Å². The molecule has 2 rings (SSSR count). The number of fused-ring (bicyclic) bond motifs is 1. The third kappa shape index (κ3) is 4.88. The van der Waals surface area contributed by atoms with Crippen molar-refractivity contribution in [3.8, 4) is 0 Å². The van der Waals surface area contributed by atoms with Gasteiger partial charge in [-0.1, -0.05) is 25.1 Å². The molecule has 2 atom stereocenters. The first-order chi connectivity index (χ1) is 13.7. The van der Waals surface area contributed by atoms with Gasteiger partial charge in [-0.15, -0.1) is 0 Å². The number of hydrogen-bond donors (Lipinski definition) is 2. The highest BCUT2D eigenvalue weighted by atomic mass is 19.1. The summed E-state index contributed by atoms with van der Waals surface area (Å²) in [5, 5.41) is 12.1. The predicted molar refractivity (Wildman–Crippen MR) is 106 cm³/mol. The van der Waals surface area contributed by atoms with E-state index in [4.69, 9.17) is 5.11 Å². The molecule has 1 aromatic heterocycles. The van der Waals surface area contributed by atoms with Gasteiger partial charge in [0.2, 0.25) is 5.91 Å². The van der Waals surface area contributed by atoms with E-state index in [2.05, 4.69) is 5.32 Å². The summed E-state index contributed by atoms with van der Waals surface area (Å²) in [6, 6.07) is 6.14. The second kappa shape index (κ2) is 9.45. The normalized spacial score (nSPS) is 13.1. The zero-order valence-corrected chi connectivity index (χ0v) is 16.7. The van der Waals surface area contributed by atoms with Gasteiger partial charge in [0.15, 0.2) is 11.6 Å². The number of carbonyl (C=O) groups is 4. The van der Waals surface area contributed by atoms with Crippen LogP contribution in [-0.2, 0) is 21.4 Å². The van der Waals surface area contributed by atoms with Crippen molar-refractivity contribution in [3.05, 3.63) is 35.5 Å². The minimum absolute atomic E-state index is 0.100. The molecule has 0 saturated heterocycles. The number of aryl methyl sites for hydroxylation is 2. The van der Waals surface area contributed by atoms with Crippen LogP contribution in [0.15, 0.2) is 24.3 Å². The number of Topliss-reactive ketones (excluding diaryl/α,β-unsaturated/α-hetero) is 2. The number of amides is 1. The summed E-state index contributed by atoms with van der Waals surface area (Å²) in [6.07, 6.45) is -0.498. The fourth-order valence-electron chi connectivity index (χ4n) is 3.52. The maximum atomic E-state index is 13.0. The Morgan fingerprint density at radius 2 is 1.83 bits per heavy atom. The van der Waals surface area contributed by atoms with Crippen molar-refractivity contribution >= 4 is 34.3 Å². The Hall–Kier alpha value is -3.03. The van der Waals surface area contributed by atoms with E-state index in [1.54, 1.807) is 18.5 Å². The fraction of sp³-hybridized carbons (Fsp3) is 0.429. The number of benzene rings is 1. The quantitative estimate of drug-likeness (QED) is 0.592. The van der Waals surface area contributed by atoms with E-state index >= 15 is 0 Å². The van der Waals surface area contributed by atoms with Gasteiger partial charge in [0.05, 0.1) is 12.1 Å². The van der Waals surface area contributed by atoms with Crippen LogP contribution in [0.1, 0.15) is 42.2 Å². The number of aliphatic carboxylic acids is 1. The topological polar surface area (TPSA) is 105 Å². The maximum absolute atomic E-state index is 13.0. The van der Waals surface area contributed by atoms with E-state index in [0.29, 0.717) is 12.1 Å². The van der Waals surface area contributed by atoms with Gasteiger partial charge in [-0.25, -0.2) is 4.39 Å². The van der Waals surface area contributed by atoms with Crippen LogP contribution in [0.4, 0.5) is 4.39 Å². The van der Waals surface area contributed by atoms with Crippen LogP contribution in [0, 0.1) is 12.8 Å². The van der Waals surface area contributed by atoms with Crippen molar-refractivity contribution in [2.45, 2.75) is 39.2 Å². The van der Waals surface area contributed by atoms with Crippen molar-refractivity contribution in [2.75, 3.05) is 6.67 Å². The van der Waals surface area contributed by atoms with Gasteiger partial charge < -0.3 is 15.0 Å². The molecule has 7 nitrogen and oxygen atoms in total. The van der Waals surface area contributed by atoms with Gasteiger partial charge in [-0.3, -0.25) is 19.2 Å². The Labute approximate surface area is 167 Å². The molecule has 2 aromatic rings. The third-order valence-corrected chi connectivity index (χ3v) is 5.14. The molecule has 156 valence electrons. The lowest BCUT2D eigenvalue weighted by Crippen LogP contribution is -2.45. The fourth-order valence-corrected chi connectivity index (χ4v) is 3.52. The third-order valence-electron chi connectivity index (χ3n) is 5.14. The first-order valence-electron chi connectivity index (χ1n) is 9.39. The number of ketones is 2. The number of carboxylic acid groups (broad SMARTS) is 1. The Balaban J connectivity index is 2.20. The summed E-state index contributed by atoms with van der Waals surface area (Å²) in [5.41, 5.74) is 2.22. The van der Waals surface area contributed by atoms with E-state index in [1.165, 1.54) is 0 Å². The summed E-state index contributed by atoms with van der Waals surface area (Å²) in [4.78, 5) is 48.0. The van der Waals surface area contributed by atoms with E-state index < -0.39 is 42.7 Å². The van der Waals surface area contributed by atoms with E-state index in [9.17, 15) is 23.6 Å². The summed E-state index contributed by atoms with van der Waals surface area (Å²) in [6.45, 7) is 2.19. The molecule has 1 aromatic carbocycles. The number of rotatable bonds is 10. The summed E-state index contributed by atoms with van der Waals surface area (Å²) < 4.78 is 14.5. The van der Waals surface area contributed by atoms with Crippen LogP contribution in [0.25, 0.3) is 10.9 Å². The minimum atomic E-state index is -1.45. The highest BCUT2D eigenvalue weighted by Crippen LogP contribution is 2.26. The largest absolute Gasteiger partial charge is 0.481 e. The van der Waals surface area contributed by atoms with Gasteiger partial charge in [0.25, 0.3) is 0 Å². The van der Waals surface area contributed by atoms with Crippen molar-refractivity contribution < 1.29 is 28.7 Å². The molecular formula is C21H25FN2O5. The standard InChI is InChI=1S/C21H25FN2O5/c1-4-13(21(29)23-15(10-19(27)28)18(26)11-22)9-17(25)20-12(2)14-7-5-6-8-16(14)24(20)3/h5-8,13,15H,4,9-11H2,1-3H3,(H,23,29)(H,27,28). The highest BCUT2D eigenvalue weighted by Gasteiger charge is 2.29. The summed E-state index contributed by atoms with van der Waals surface area (Å²) in [5.74, 6) is -3.96. The first-order valence-corrected chi connectivity index (χ1v) is 9.39. The monoisotopic (exact) mass is 404 g/mol. The SMILES string of the molecule is CCC(CC(=O)c1c(C)c2ccccc2n1C)C(=O)NC(CC(=O)O)C(=O)CF. The maximum Gasteiger partial charge on any atom is 0.305 e. The van der Waals surface area contributed by atoms with Gasteiger partial charge >= 0.3 is 5.97 Å². The van der Waals surface area contributed by atoms with Gasteiger partial charge in [-0.2, -0.15) is 0 Å². The molecule has 0 aliphatic carbocycles. The van der Waals surface area contributed by atoms with Crippen LogP contribution < -0.4 is 5.32 Å². The Morgan fingerprint density at radius 3 is 2.38 bits per heavy atom. The second-order valence-electron chi connectivity index (χ2n) is 7.04. The number of para-hydroxylation sites is 1. The summed E-state index contributed by atoms with van der Waals surface area (Å²) >= 11 is 0. The molecule has 0 bridgehead atoms. The van der Waals surface area contributed by atoms with Crippen molar-refractivity contribution in [3.63, 3.8) is 0 Å². The van der Waals surface area contributed by atoms with Gasteiger partial charge in [0, 0.05) is 30.3 Å². The molecule has 0 fully saturated rings. The Morgan fingerprint density at radius 1 is 1.17 bits per heavy atom.